The second-order valence-corrected chi connectivity index (χ2v) is 6.80. The number of benzene rings is 2. The number of hydrogen-bond acceptors (Lipinski definition) is 6. The topological polar surface area (TPSA) is 98.1 Å². The maximum Gasteiger partial charge on any atom is 0.206 e. The van der Waals surface area contributed by atoms with E-state index in [1.165, 1.54) is 0 Å². The van der Waals surface area contributed by atoms with E-state index in [2.05, 4.69) is 9.98 Å². The van der Waals surface area contributed by atoms with Gasteiger partial charge in [0.05, 0.1) is 11.0 Å². The number of fused-ring (bicyclic) bond motifs is 6. The Morgan fingerprint density at radius 3 is 1.90 bits per heavy atom. The molecule has 0 atom stereocenters. The number of hydrogen-bond donors (Lipinski definition) is 0. The van der Waals surface area contributed by atoms with Gasteiger partial charge in [-0.15, -0.1) is 0 Å². The van der Waals surface area contributed by atoms with Gasteiger partial charge in [0.25, 0.3) is 0 Å². The van der Waals surface area contributed by atoms with Crippen molar-refractivity contribution < 1.29 is 4.39 Å². The third-order valence-electron chi connectivity index (χ3n) is 5.10. The number of alkyl halides is 1. The zero-order chi connectivity index (χ0) is 20.1. The zero-order valence-corrected chi connectivity index (χ0v) is 15.2. The average molecular weight is 378 g/mol. The lowest BCUT2D eigenvalue weighted by atomic mass is 10.1. The Bertz CT molecular complexity index is 1670. The van der Waals surface area contributed by atoms with E-state index >= 15 is 0 Å². The fourth-order valence-electron chi connectivity index (χ4n) is 3.86. The van der Waals surface area contributed by atoms with Crippen molar-refractivity contribution >= 4 is 43.6 Å². The molecule has 0 saturated carbocycles. The Morgan fingerprint density at radius 1 is 0.793 bits per heavy atom. The van der Waals surface area contributed by atoms with Crippen LogP contribution in [-0.4, -0.2) is 9.97 Å². The van der Waals surface area contributed by atoms with Crippen LogP contribution in [0.15, 0.2) is 46.4 Å². The van der Waals surface area contributed by atoms with E-state index in [1.54, 1.807) is 18.2 Å². The number of nitriles is 2. The lowest BCUT2D eigenvalue weighted by molar-refractivity contribution is 0.485. The van der Waals surface area contributed by atoms with Crippen LogP contribution in [0.25, 0.3) is 43.6 Å². The highest BCUT2D eigenvalue weighted by atomic mass is 19.1. The van der Waals surface area contributed by atoms with Crippen LogP contribution in [0, 0.1) is 29.8 Å². The first-order valence-corrected chi connectivity index (χ1v) is 8.83. The second kappa shape index (κ2) is 6.15. The van der Waals surface area contributed by atoms with E-state index in [0.29, 0.717) is 43.7 Å². The third kappa shape index (κ3) is 2.31. The van der Waals surface area contributed by atoms with E-state index in [9.17, 15) is 14.9 Å². The van der Waals surface area contributed by atoms with Gasteiger partial charge in [-0.1, -0.05) is 29.8 Å². The maximum absolute atomic E-state index is 13.2. The minimum Gasteiger partial charge on any atom is -0.246 e. The van der Waals surface area contributed by atoms with Crippen molar-refractivity contribution in [2.24, 2.45) is 9.98 Å². The predicted molar refractivity (Wildman–Crippen MR) is 106 cm³/mol. The van der Waals surface area contributed by atoms with E-state index in [0.717, 1.165) is 21.7 Å². The van der Waals surface area contributed by atoms with Gasteiger partial charge in [-0.2, -0.15) is 20.5 Å². The van der Waals surface area contributed by atoms with Crippen LogP contribution in [-0.2, 0) is 6.67 Å². The first kappa shape index (κ1) is 16.9. The summed E-state index contributed by atoms with van der Waals surface area (Å²) in [6.45, 7) is 1.34. The highest BCUT2D eigenvalue weighted by Gasteiger charge is 2.18. The van der Waals surface area contributed by atoms with E-state index in [1.807, 2.05) is 37.5 Å². The van der Waals surface area contributed by atoms with Crippen molar-refractivity contribution in [2.75, 3.05) is 0 Å². The maximum atomic E-state index is 13.2. The van der Waals surface area contributed by atoms with Crippen LogP contribution in [0.2, 0.25) is 0 Å². The van der Waals surface area contributed by atoms with E-state index in [-0.39, 0.29) is 0 Å². The first-order chi connectivity index (χ1) is 14.2. The second-order valence-electron chi connectivity index (χ2n) is 6.80. The number of aromatic nitrogens is 2. The zero-order valence-electron chi connectivity index (χ0n) is 15.2. The largest absolute Gasteiger partial charge is 0.246 e. The molecule has 29 heavy (non-hydrogen) atoms. The summed E-state index contributed by atoms with van der Waals surface area (Å²) in [4.78, 5) is 17.5. The molecule has 0 aliphatic heterocycles. The molecule has 0 aliphatic rings. The quantitative estimate of drug-likeness (QED) is 0.417. The molecule has 0 spiro atoms. The molecule has 0 fully saturated rings. The minimum absolute atomic E-state index is 0.377. The van der Waals surface area contributed by atoms with Gasteiger partial charge in [-0.05, 0) is 24.6 Å². The average Bonchev–Trinajstić information content (AvgIpc) is 3.19. The minimum atomic E-state index is -0.619. The predicted octanol–water partition coefficient (Wildman–Crippen LogP) is 3.51. The van der Waals surface area contributed by atoms with Crippen LogP contribution in [0.3, 0.4) is 0 Å². The van der Waals surface area contributed by atoms with Crippen LogP contribution in [0.4, 0.5) is 4.39 Å². The molecule has 0 saturated heterocycles. The van der Waals surface area contributed by atoms with Gasteiger partial charge < -0.3 is 0 Å². The summed E-state index contributed by atoms with van der Waals surface area (Å²) < 4.78 is 13.2. The lowest BCUT2D eigenvalue weighted by Gasteiger charge is -1.95. The first-order valence-electron chi connectivity index (χ1n) is 8.83. The molecule has 0 unspecified atom stereocenters. The smallest absolute Gasteiger partial charge is 0.206 e. The van der Waals surface area contributed by atoms with Crippen molar-refractivity contribution in [3.8, 4) is 12.4 Å². The van der Waals surface area contributed by atoms with Gasteiger partial charge in [0.2, 0.25) is 12.4 Å². The third-order valence-corrected chi connectivity index (χ3v) is 5.10. The van der Waals surface area contributed by atoms with Gasteiger partial charge in [0.15, 0.2) is 0 Å². The Labute approximate surface area is 163 Å². The summed E-state index contributed by atoms with van der Waals surface area (Å²) >= 11 is 0. The number of halogens is 1. The number of nitrogens with zero attached hydrogens (tertiary/aromatic N) is 6. The fraction of sp³-hybridized carbons (Fsp3) is 0.0909. The summed E-state index contributed by atoms with van der Waals surface area (Å²) in [5, 5.41) is 22.2. The van der Waals surface area contributed by atoms with Crippen LogP contribution < -0.4 is 10.7 Å². The van der Waals surface area contributed by atoms with Gasteiger partial charge in [-0.3, -0.25) is 0 Å². The number of rotatable bonds is 1. The molecule has 5 rings (SSSR count). The lowest BCUT2D eigenvalue weighted by Crippen LogP contribution is -2.03. The van der Waals surface area contributed by atoms with Gasteiger partial charge in [0.1, 0.15) is 28.4 Å². The standard InChI is InChI=1S/C22H11FN6/c1-11-2-4-13-15(6-11)17(26-9-24)21-19(13)28-22-18(27-10-25)16-7-12(8-23)3-5-14(16)20(22)29-21/h2-7H,8H2,1H3/b26-17+,27-18+. The highest BCUT2D eigenvalue weighted by molar-refractivity contribution is 6.14. The van der Waals surface area contributed by atoms with Crippen LogP contribution >= 0.6 is 0 Å². The van der Waals surface area contributed by atoms with Crippen molar-refractivity contribution in [2.45, 2.75) is 13.6 Å². The molecule has 0 amide bonds. The molecule has 1 aromatic heterocycles. The van der Waals surface area contributed by atoms with Crippen molar-refractivity contribution in [1.29, 1.82) is 10.5 Å². The summed E-state index contributed by atoms with van der Waals surface area (Å²) in [5.41, 5.74) is 3.66. The summed E-state index contributed by atoms with van der Waals surface area (Å²) in [5.74, 6) is 0. The SMILES string of the molecule is Cc1ccc2c(c1)/c(=N\C#N)c1nc3c(nc12)/c(=N/C#N)c1cc(CF)ccc13. The highest BCUT2D eigenvalue weighted by Crippen LogP contribution is 2.28. The molecule has 6 nitrogen and oxygen atoms in total. The summed E-state index contributed by atoms with van der Waals surface area (Å²) in [6, 6.07) is 10.9. The van der Waals surface area contributed by atoms with Crippen LogP contribution in [0.1, 0.15) is 11.1 Å². The molecule has 136 valence electrons. The van der Waals surface area contributed by atoms with E-state index < -0.39 is 6.67 Å². The molecular weight excluding hydrogens is 367 g/mol. The monoisotopic (exact) mass is 378 g/mol. The van der Waals surface area contributed by atoms with Crippen LogP contribution in [0.5, 0.6) is 0 Å². The van der Waals surface area contributed by atoms with Crippen molar-refractivity contribution in [3.05, 3.63) is 58.2 Å². The van der Waals surface area contributed by atoms with Gasteiger partial charge >= 0.3 is 0 Å². The van der Waals surface area contributed by atoms with Gasteiger partial charge in [0, 0.05) is 21.5 Å². The fourth-order valence-corrected chi connectivity index (χ4v) is 3.86. The molecule has 1 heterocycles. The van der Waals surface area contributed by atoms with Crippen molar-refractivity contribution in [3.63, 3.8) is 0 Å². The summed E-state index contributed by atoms with van der Waals surface area (Å²) in [6.07, 6.45) is 3.67. The molecule has 0 N–H and O–H groups in total. The Balaban J connectivity index is 2.09. The molecule has 7 heteroatoms. The normalized spacial score (nSPS) is 13.0. The molecule has 0 radical (unpaired) electrons. The van der Waals surface area contributed by atoms with Gasteiger partial charge in [-0.25, -0.2) is 14.4 Å². The Hall–Kier alpha value is -4.23. The molecule has 4 aromatic carbocycles. The number of aryl methyl sites for hydroxylation is 1. The van der Waals surface area contributed by atoms with Crippen molar-refractivity contribution in [1.82, 2.24) is 9.97 Å². The molecular formula is C22H11FN6. The summed E-state index contributed by atoms with van der Waals surface area (Å²) in [7, 11) is 0. The molecule has 0 bridgehead atoms. The Kier molecular flexibility index (Phi) is 3.58. The molecule has 0 aliphatic carbocycles. The van der Waals surface area contributed by atoms with E-state index in [4.69, 9.17) is 9.97 Å². The molecule has 5 aromatic rings. The Morgan fingerprint density at radius 2 is 1.34 bits per heavy atom.